The van der Waals surface area contributed by atoms with Gasteiger partial charge in [-0.3, -0.25) is 4.79 Å². The van der Waals surface area contributed by atoms with Crippen LogP contribution in [0.1, 0.15) is 13.3 Å². The van der Waals surface area contributed by atoms with E-state index in [1.54, 1.807) is 7.11 Å². The number of methoxy groups -OCH3 is 1. The number of furan rings is 1. The minimum Gasteiger partial charge on any atom is -0.497 e. The first kappa shape index (κ1) is 22.3. The van der Waals surface area contributed by atoms with Crippen molar-refractivity contribution in [3.63, 3.8) is 0 Å². The molecule has 2 heterocycles. The Bertz CT molecular complexity index is 1220. The van der Waals surface area contributed by atoms with Gasteiger partial charge in [0.1, 0.15) is 29.8 Å². The quantitative estimate of drug-likeness (QED) is 0.368. The molecule has 0 unspecified atom stereocenters. The molecule has 4 rings (SSSR count). The molecule has 170 valence electrons. The summed E-state index contributed by atoms with van der Waals surface area (Å²) in [5.74, 6) is 0.863. The number of carbonyl (C=O) groups is 1. The Labute approximate surface area is 190 Å². The van der Waals surface area contributed by atoms with Gasteiger partial charge in [-0.05, 0) is 24.6 Å². The molecule has 0 spiro atoms. The zero-order chi connectivity index (χ0) is 23.2. The standard InChI is InChI=1S/C25H24N2O6/c1-16(31-13-12-20(28)29)14-32-24-22-21(17-8-10-19(30-2)11-9-17)23(18-6-4-3-5-7-18)33-25(22)27-15-26-24/h3-11,15-16H,12-14H2,1-2H3,(H,28,29)/t16-/m1/s1. The summed E-state index contributed by atoms with van der Waals surface area (Å²) >= 11 is 0. The lowest BCUT2D eigenvalue weighted by Gasteiger charge is -2.14. The van der Waals surface area contributed by atoms with E-state index in [1.807, 2.05) is 61.5 Å². The van der Waals surface area contributed by atoms with Crippen molar-refractivity contribution in [2.75, 3.05) is 20.3 Å². The lowest BCUT2D eigenvalue weighted by Crippen LogP contribution is -2.20. The highest BCUT2D eigenvalue weighted by molar-refractivity contribution is 6.03. The van der Waals surface area contributed by atoms with Crippen molar-refractivity contribution in [1.29, 1.82) is 0 Å². The smallest absolute Gasteiger partial charge is 0.305 e. The van der Waals surface area contributed by atoms with Crippen LogP contribution in [0.3, 0.4) is 0 Å². The van der Waals surface area contributed by atoms with E-state index in [1.165, 1.54) is 6.33 Å². The highest BCUT2D eigenvalue weighted by Gasteiger charge is 2.23. The number of nitrogens with zero attached hydrogens (tertiary/aromatic N) is 2. The summed E-state index contributed by atoms with van der Waals surface area (Å²) in [6.07, 6.45) is 1.01. The van der Waals surface area contributed by atoms with Gasteiger partial charge in [0.2, 0.25) is 11.6 Å². The van der Waals surface area contributed by atoms with Crippen LogP contribution in [-0.2, 0) is 9.53 Å². The molecule has 0 radical (unpaired) electrons. The molecule has 0 amide bonds. The average molecular weight is 448 g/mol. The van der Waals surface area contributed by atoms with Crippen molar-refractivity contribution < 1.29 is 28.5 Å². The maximum Gasteiger partial charge on any atom is 0.305 e. The molecule has 2 aromatic carbocycles. The van der Waals surface area contributed by atoms with Gasteiger partial charge < -0.3 is 23.7 Å². The van der Waals surface area contributed by atoms with Crippen molar-refractivity contribution in [1.82, 2.24) is 9.97 Å². The van der Waals surface area contributed by atoms with E-state index < -0.39 is 5.97 Å². The van der Waals surface area contributed by atoms with Crippen LogP contribution in [0, 0.1) is 0 Å². The zero-order valence-electron chi connectivity index (χ0n) is 18.4. The second-order valence-electron chi connectivity index (χ2n) is 7.40. The van der Waals surface area contributed by atoms with Crippen LogP contribution in [0.2, 0.25) is 0 Å². The third-order valence-electron chi connectivity index (χ3n) is 5.04. The number of carboxylic acid groups (broad SMARTS) is 1. The molecule has 0 saturated carbocycles. The molecule has 0 aliphatic carbocycles. The van der Waals surface area contributed by atoms with Gasteiger partial charge >= 0.3 is 5.97 Å². The summed E-state index contributed by atoms with van der Waals surface area (Å²) in [5, 5.41) is 9.43. The van der Waals surface area contributed by atoms with E-state index in [-0.39, 0.29) is 25.7 Å². The summed E-state index contributed by atoms with van der Waals surface area (Å²) in [6, 6.07) is 17.4. The molecule has 2 aromatic heterocycles. The molecule has 1 atom stereocenters. The van der Waals surface area contributed by atoms with E-state index in [0.29, 0.717) is 22.7 Å². The van der Waals surface area contributed by atoms with Gasteiger partial charge in [0.05, 0.1) is 26.2 Å². The van der Waals surface area contributed by atoms with Crippen molar-refractivity contribution in [3.05, 3.63) is 60.9 Å². The summed E-state index contributed by atoms with van der Waals surface area (Å²) in [6.45, 7) is 2.12. The number of fused-ring (bicyclic) bond motifs is 1. The second kappa shape index (κ2) is 10.1. The van der Waals surface area contributed by atoms with Gasteiger partial charge in [0, 0.05) is 11.1 Å². The summed E-state index contributed by atoms with van der Waals surface area (Å²) in [5.41, 5.74) is 3.02. The van der Waals surface area contributed by atoms with Crippen LogP contribution in [0.25, 0.3) is 33.6 Å². The Kier molecular flexibility index (Phi) is 6.85. The summed E-state index contributed by atoms with van der Waals surface area (Å²) in [7, 11) is 1.62. The number of rotatable bonds is 10. The fraction of sp³-hybridized carbons (Fsp3) is 0.240. The van der Waals surface area contributed by atoms with Gasteiger partial charge in [0.25, 0.3) is 0 Å². The molecule has 0 bridgehead atoms. The Morgan fingerprint density at radius 3 is 2.52 bits per heavy atom. The summed E-state index contributed by atoms with van der Waals surface area (Å²) < 4.78 is 23.0. The molecule has 8 heteroatoms. The largest absolute Gasteiger partial charge is 0.497 e. The maximum atomic E-state index is 10.7. The molecule has 0 aliphatic heterocycles. The first-order valence-corrected chi connectivity index (χ1v) is 10.5. The van der Waals surface area contributed by atoms with Crippen molar-refractivity contribution in [2.45, 2.75) is 19.4 Å². The molecule has 4 aromatic rings. The molecule has 0 saturated heterocycles. The monoisotopic (exact) mass is 448 g/mol. The lowest BCUT2D eigenvalue weighted by atomic mass is 9.99. The molecule has 0 fully saturated rings. The molecule has 1 N–H and O–H groups in total. The fourth-order valence-electron chi connectivity index (χ4n) is 3.43. The Morgan fingerprint density at radius 2 is 1.82 bits per heavy atom. The highest BCUT2D eigenvalue weighted by Crippen LogP contribution is 2.43. The van der Waals surface area contributed by atoms with Crippen molar-refractivity contribution in [2.24, 2.45) is 0 Å². The van der Waals surface area contributed by atoms with Gasteiger partial charge in [0.15, 0.2) is 0 Å². The van der Waals surface area contributed by atoms with Gasteiger partial charge in [-0.25, -0.2) is 9.97 Å². The number of ether oxygens (including phenoxy) is 3. The van der Waals surface area contributed by atoms with Crippen LogP contribution in [0.4, 0.5) is 0 Å². The lowest BCUT2D eigenvalue weighted by molar-refractivity contribution is -0.138. The summed E-state index contributed by atoms with van der Waals surface area (Å²) in [4.78, 5) is 19.4. The van der Waals surface area contributed by atoms with Crippen LogP contribution in [0.15, 0.2) is 65.3 Å². The Hall–Kier alpha value is -3.91. The predicted molar refractivity (Wildman–Crippen MR) is 122 cm³/mol. The first-order valence-electron chi connectivity index (χ1n) is 10.5. The fourth-order valence-corrected chi connectivity index (χ4v) is 3.43. The number of aromatic nitrogens is 2. The first-order chi connectivity index (χ1) is 16.1. The maximum absolute atomic E-state index is 10.7. The Balaban J connectivity index is 1.73. The van der Waals surface area contributed by atoms with Gasteiger partial charge in [-0.1, -0.05) is 42.5 Å². The number of benzene rings is 2. The average Bonchev–Trinajstić information content (AvgIpc) is 3.23. The number of aliphatic carboxylic acids is 1. The normalized spacial score (nSPS) is 11.9. The van der Waals surface area contributed by atoms with E-state index in [0.717, 1.165) is 22.4 Å². The van der Waals surface area contributed by atoms with Crippen LogP contribution in [0.5, 0.6) is 11.6 Å². The van der Waals surface area contributed by atoms with Gasteiger partial charge in [-0.2, -0.15) is 0 Å². The van der Waals surface area contributed by atoms with E-state index in [9.17, 15) is 4.79 Å². The van der Waals surface area contributed by atoms with Gasteiger partial charge in [-0.15, -0.1) is 0 Å². The number of hydrogen-bond acceptors (Lipinski definition) is 7. The third kappa shape index (κ3) is 5.12. The van der Waals surface area contributed by atoms with Crippen molar-refractivity contribution >= 4 is 17.1 Å². The predicted octanol–water partition coefficient (Wildman–Crippen LogP) is 4.82. The van der Waals surface area contributed by atoms with Crippen LogP contribution >= 0.6 is 0 Å². The minimum absolute atomic E-state index is 0.0636. The molecular formula is C25H24N2O6. The van der Waals surface area contributed by atoms with Crippen LogP contribution in [-0.4, -0.2) is 47.5 Å². The SMILES string of the molecule is COc1ccc(-c2c(-c3ccccc3)oc3ncnc(OC[C@@H](C)OCCC(=O)O)c23)cc1. The minimum atomic E-state index is -0.906. The van der Waals surface area contributed by atoms with Crippen molar-refractivity contribution in [3.8, 4) is 34.1 Å². The second-order valence-corrected chi connectivity index (χ2v) is 7.40. The molecular weight excluding hydrogens is 424 g/mol. The zero-order valence-corrected chi connectivity index (χ0v) is 18.4. The van der Waals surface area contributed by atoms with Crippen LogP contribution < -0.4 is 9.47 Å². The molecule has 33 heavy (non-hydrogen) atoms. The highest BCUT2D eigenvalue weighted by atomic mass is 16.5. The molecule has 8 nitrogen and oxygen atoms in total. The van der Waals surface area contributed by atoms with E-state index in [2.05, 4.69) is 9.97 Å². The Morgan fingerprint density at radius 1 is 1.06 bits per heavy atom. The van der Waals surface area contributed by atoms with E-state index >= 15 is 0 Å². The molecule has 0 aliphatic rings. The topological polar surface area (TPSA) is 104 Å². The number of hydrogen-bond donors (Lipinski definition) is 1. The number of carboxylic acids is 1. The van der Waals surface area contributed by atoms with E-state index in [4.69, 9.17) is 23.7 Å². The third-order valence-corrected chi connectivity index (χ3v) is 5.04.